The number of carbonyl (C=O) groups is 4. The van der Waals surface area contributed by atoms with E-state index < -0.39 is 115 Å². The fraction of sp³-hybridized carbons (Fsp3) is 0.684. The quantitative estimate of drug-likeness (QED) is 0.0906. The van der Waals surface area contributed by atoms with Gasteiger partial charge in [0.05, 0.1) is 32.4 Å². The van der Waals surface area contributed by atoms with Crippen molar-refractivity contribution in [1.29, 1.82) is 0 Å². The predicted octanol–water partition coefficient (Wildman–Crippen LogP) is -1.84. The molecule has 316 valence electrons. The second-order valence-corrected chi connectivity index (χ2v) is 15.8. The minimum atomic E-state index is -1.58. The van der Waals surface area contributed by atoms with Crippen LogP contribution in [0.5, 0.6) is 0 Å². The first-order chi connectivity index (χ1) is 27.2. The molecule has 0 radical (unpaired) electrons. The molecule has 6 rings (SSSR count). The molecule has 4 saturated heterocycles. The second kappa shape index (κ2) is 18.1. The van der Waals surface area contributed by atoms with E-state index in [-0.39, 0.29) is 52.2 Å². The van der Waals surface area contributed by atoms with Gasteiger partial charge in [0, 0.05) is 25.8 Å². The summed E-state index contributed by atoms with van der Waals surface area (Å²) in [5, 5.41) is 56.5. The van der Waals surface area contributed by atoms with Gasteiger partial charge in [-0.25, -0.2) is 0 Å². The normalized spacial score (nSPS) is 34.1. The summed E-state index contributed by atoms with van der Waals surface area (Å²) in [5.74, 6) is -2.11. The van der Waals surface area contributed by atoms with E-state index in [1.807, 2.05) is 12.1 Å². The van der Waals surface area contributed by atoms with Crippen LogP contribution < -0.4 is 10.6 Å². The Kier molecular flexibility index (Phi) is 13.7. The summed E-state index contributed by atoms with van der Waals surface area (Å²) in [6.07, 6.45) is -6.70. The van der Waals surface area contributed by atoms with Crippen LogP contribution in [0.2, 0.25) is 0 Å². The van der Waals surface area contributed by atoms with Crippen LogP contribution in [0.3, 0.4) is 0 Å². The van der Waals surface area contributed by atoms with E-state index in [0.717, 1.165) is 0 Å². The molecule has 2 amide bonds. The topological polar surface area (TPSA) is 261 Å². The minimum absolute atomic E-state index is 0.00670. The van der Waals surface area contributed by atoms with Crippen LogP contribution in [0.4, 0.5) is 0 Å². The third kappa shape index (κ3) is 9.34. The number of amides is 2. The lowest BCUT2D eigenvalue weighted by Crippen LogP contribution is -2.69. The van der Waals surface area contributed by atoms with Crippen molar-refractivity contribution in [3.8, 4) is 0 Å². The first kappa shape index (κ1) is 43.0. The number of nitrogens with zero attached hydrogens (tertiary/aromatic N) is 1. The number of hydrogen-bond acceptors (Lipinski definition) is 17. The number of hydrogen-bond donors (Lipinski definition) is 7. The fourth-order valence-corrected chi connectivity index (χ4v) is 8.02. The highest BCUT2D eigenvalue weighted by molar-refractivity contribution is 5.94. The Morgan fingerprint density at radius 3 is 2.54 bits per heavy atom. The van der Waals surface area contributed by atoms with Crippen LogP contribution in [0.25, 0.3) is 6.08 Å². The third-order valence-electron chi connectivity index (χ3n) is 10.7. The zero-order valence-corrected chi connectivity index (χ0v) is 32.1. The van der Waals surface area contributed by atoms with E-state index in [1.54, 1.807) is 45.1 Å². The van der Waals surface area contributed by atoms with Crippen LogP contribution in [0.1, 0.15) is 57.6 Å². The molecule has 12 unspecified atom stereocenters. The second-order valence-electron chi connectivity index (χ2n) is 15.8. The van der Waals surface area contributed by atoms with Gasteiger partial charge in [0.2, 0.25) is 11.8 Å². The highest BCUT2D eigenvalue weighted by Gasteiger charge is 2.74. The van der Waals surface area contributed by atoms with Crippen molar-refractivity contribution in [3.63, 3.8) is 0 Å². The average molecular weight is 808 g/mol. The van der Waals surface area contributed by atoms with E-state index in [2.05, 4.69) is 10.6 Å². The van der Waals surface area contributed by atoms with Crippen LogP contribution in [-0.2, 0) is 59.0 Å². The Morgan fingerprint density at radius 1 is 1.05 bits per heavy atom. The summed E-state index contributed by atoms with van der Waals surface area (Å²) in [6.45, 7) is 4.03. The monoisotopic (exact) mass is 807 g/mol. The zero-order valence-electron chi connectivity index (χ0n) is 32.1. The highest BCUT2D eigenvalue weighted by Crippen LogP contribution is 2.55. The van der Waals surface area contributed by atoms with E-state index in [0.29, 0.717) is 11.1 Å². The number of hydroxylamine groups is 2. The molecule has 2 bridgehead atoms. The van der Waals surface area contributed by atoms with Gasteiger partial charge in [0.25, 0.3) is 0 Å². The van der Waals surface area contributed by atoms with E-state index >= 15 is 0 Å². The van der Waals surface area contributed by atoms with Gasteiger partial charge >= 0.3 is 11.9 Å². The molecule has 1 saturated carbocycles. The van der Waals surface area contributed by atoms with Gasteiger partial charge in [0.15, 0.2) is 12.3 Å². The summed E-state index contributed by atoms with van der Waals surface area (Å²) < 4.78 is 33.8. The Bertz CT molecular complexity index is 1640. The van der Waals surface area contributed by atoms with Crippen molar-refractivity contribution in [2.75, 3.05) is 33.2 Å². The van der Waals surface area contributed by atoms with E-state index in [9.17, 15) is 44.7 Å². The van der Waals surface area contributed by atoms with Crippen LogP contribution in [0.15, 0.2) is 30.3 Å². The number of nitrogens with one attached hydrogen (secondary N) is 2. The smallest absolute Gasteiger partial charge is 0.327 e. The van der Waals surface area contributed by atoms with Gasteiger partial charge in [-0.3, -0.25) is 24.0 Å². The van der Waals surface area contributed by atoms with Crippen molar-refractivity contribution in [1.82, 2.24) is 15.7 Å². The molecule has 1 aromatic rings. The van der Waals surface area contributed by atoms with Gasteiger partial charge in [-0.2, -0.15) is 5.06 Å². The van der Waals surface area contributed by atoms with Crippen LogP contribution >= 0.6 is 0 Å². The Balaban J connectivity index is 1.11. The molecule has 57 heavy (non-hydrogen) atoms. The molecule has 7 N–H and O–H groups in total. The van der Waals surface area contributed by atoms with Crippen molar-refractivity contribution in [3.05, 3.63) is 41.5 Å². The van der Waals surface area contributed by atoms with Crippen LogP contribution in [0, 0.1) is 5.41 Å². The lowest BCUT2D eigenvalue weighted by molar-refractivity contribution is -0.298. The maximum absolute atomic E-state index is 14.3. The molecule has 1 aromatic carbocycles. The lowest BCUT2D eigenvalue weighted by atomic mass is 9.62. The summed E-state index contributed by atoms with van der Waals surface area (Å²) in [5.41, 5.74) is -0.725. The standard InChI is InChI=1S/C38H53N3O16/c1-37(2,3)56-26(45)11-10-22(17-42)40-25(44)12-13-39-36(50)38-15-23-30-31(53-19-52-30)33(38)57-41(32(38)34(49)54-23)16-21-8-5-4-7-20(21)9-6-14-51-35-29(48)28(47)27(46)24(18-43)55-35/h4-9,22-24,27-33,35,42-43,46-48H,10-19H2,1-3H3,(H,39,50)(H,40,44). The number of carbonyl (C=O) groups excluding carboxylic acids is 4. The molecule has 4 heterocycles. The fourth-order valence-electron chi connectivity index (χ4n) is 8.02. The number of aliphatic hydroxyl groups is 5. The zero-order chi connectivity index (χ0) is 41.1. The Hall–Kier alpha value is -3.60. The molecule has 4 aliphatic heterocycles. The SMILES string of the molecule is CC(C)(C)OC(=O)CCC(CO)NC(=O)CCNC(=O)C12CC3OC(=O)C1N(Cc1ccccc1C=CCOC1OC(CO)C(O)C(O)C1O)OC2C1OCOC31. The molecule has 1 aliphatic carbocycles. The molecule has 5 aliphatic rings. The number of esters is 2. The van der Waals surface area contributed by atoms with Crippen molar-refractivity contribution >= 4 is 29.8 Å². The van der Waals surface area contributed by atoms with Crippen molar-refractivity contribution < 1.29 is 78.0 Å². The van der Waals surface area contributed by atoms with Gasteiger partial charge in [-0.15, -0.1) is 0 Å². The summed E-state index contributed by atoms with van der Waals surface area (Å²) >= 11 is 0. The summed E-state index contributed by atoms with van der Waals surface area (Å²) in [7, 11) is 0. The first-order valence-electron chi connectivity index (χ1n) is 19.1. The Labute approximate surface area is 329 Å². The largest absolute Gasteiger partial charge is 0.460 e. The average Bonchev–Trinajstić information content (AvgIpc) is 3.80. The minimum Gasteiger partial charge on any atom is -0.460 e. The third-order valence-corrected chi connectivity index (χ3v) is 10.7. The highest BCUT2D eigenvalue weighted by atomic mass is 16.8. The van der Waals surface area contributed by atoms with Gasteiger partial charge < -0.3 is 64.6 Å². The number of aliphatic hydroxyl groups excluding tert-OH is 5. The molecule has 19 heteroatoms. The Morgan fingerprint density at radius 2 is 1.81 bits per heavy atom. The summed E-state index contributed by atoms with van der Waals surface area (Å²) in [6, 6.07) is 5.34. The van der Waals surface area contributed by atoms with Gasteiger partial charge in [-0.1, -0.05) is 36.4 Å². The summed E-state index contributed by atoms with van der Waals surface area (Å²) in [4.78, 5) is 59.5. The maximum atomic E-state index is 14.3. The molecular formula is C38H53N3O16. The number of rotatable bonds is 16. The van der Waals surface area contributed by atoms with Crippen LogP contribution in [-0.4, -0.2) is 160 Å². The first-order valence-corrected chi connectivity index (χ1v) is 19.1. The van der Waals surface area contributed by atoms with Gasteiger partial charge in [-0.05, 0) is 38.3 Å². The van der Waals surface area contributed by atoms with Gasteiger partial charge in [0.1, 0.15) is 66.6 Å². The number of fused-ring (bicyclic) bond motifs is 4. The lowest BCUT2D eigenvalue weighted by Gasteiger charge is -2.48. The van der Waals surface area contributed by atoms with E-state index in [1.165, 1.54) is 5.06 Å². The maximum Gasteiger partial charge on any atom is 0.327 e. The molecule has 12 atom stereocenters. The van der Waals surface area contributed by atoms with Crippen molar-refractivity contribution in [2.24, 2.45) is 5.41 Å². The molecule has 19 nitrogen and oxygen atoms in total. The molecule has 5 fully saturated rings. The molecule has 0 aromatic heterocycles. The molecule has 0 spiro atoms. The number of ether oxygens (including phenoxy) is 6. The number of benzene rings is 1. The van der Waals surface area contributed by atoms with E-state index in [4.69, 9.17) is 33.3 Å². The molecular weight excluding hydrogens is 754 g/mol. The van der Waals surface area contributed by atoms with Crippen molar-refractivity contribution in [2.45, 2.75) is 126 Å². The predicted molar refractivity (Wildman–Crippen MR) is 193 cm³/mol.